The third-order valence-electron chi connectivity index (χ3n) is 4.56. The minimum Gasteiger partial charge on any atom is -0.345 e. The lowest BCUT2D eigenvalue weighted by Crippen LogP contribution is -2.28. The van der Waals surface area contributed by atoms with Crippen LogP contribution < -0.4 is 9.62 Å². The summed E-state index contributed by atoms with van der Waals surface area (Å²) in [5, 5.41) is 2.72. The summed E-state index contributed by atoms with van der Waals surface area (Å²) in [6.45, 7) is 0.397. The largest absolute Gasteiger partial charge is 0.345 e. The highest BCUT2D eigenvalue weighted by Gasteiger charge is 2.32. The fourth-order valence-corrected chi connectivity index (χ4v) is 4.79. The van der Waals surface area contributed by atoms with Gasteiger partial charge in [-0.05, 0) is 36.2 Å². The molecule has 0 aliphatic carbocycles. The number of amides is 1. The van der Waals surface area contributed by atoms with Crippen LogP contribution in [0, 0.1) is 0 Å². The summed E-state index contributed by atoms with van der Waals surface area (Å²) in [5.74, 6) is -0.395. The molecule has 0 unspecified atom stereocenters. The number of anilines is 2. The molecule has 0 spiro atoms. The smallest absolute Gasteiger partial charge is 0.272 e. The van der Waals surface area contributed by atoms with Gasteiger partial charge >= 0.3 is 0 Å². The van der Waals surface area contributed by atoms with E-state index in [1.165, 1.54) is 27.3 Å². The zero-order valence-electron chi connectivity index (χ0n) is 14.7. The third-order valence-corrected chi connectivity index (χ3v) is 6.34. The van der Waals surface area contributed by atoms with Gasteiger partial charge in [-0.3, -0.25) is 14.1 Å². The quantitative estimate of drug-likeness (QED) is 0.751. The van der Waals surface area contributed by atoms with Gasteiger partial charge in [0.2, 0.25) is 0 Å². The Kier molecular flexibility index (Phi) is 4.19. The fourth-order valence-electron chi connectivity index (χ4n) is 3.22. The molecule has 0 fully saturated rings. The summed E-state index contributed by atoms with van der Waals surface area (Å²) >= 11 is 0. The van der Waals surface area contributed by atoms with Crippen molar-refractivity contribution in [1.82, 2.24) is 9.55 Å². The molecule has 7 nitrogen and oxygen atoms in total. The van der Waals surface area contributed by atoms with Crippen LogP contribution in [-0.2, 0) is 23.5 Å². The molecular weight excluding hydrogens is 364 g/mol. The molecule has 3 heterocycles. The molecule has 1 aromatic carbocycles. The molecule has 0 saturated carbocycles. The number of hydrogen-bond donors (Lipinski definition) is 1. The SMILES string of the molecule is Cn1cc(S(=O)(=O)N2CCc3ccccc32)cc1C(=O)Nc1cccnc1. The summed E-state index contributed by atoms with van der Waals surface area (Å²) in [6, 6.07) is 12.3. The molecule has 1 aliphatic heterocycles. The number of hydrogen-bond acceptors (Lipinski definition) is 4. The van der Waals surface area contributed by atoms with Gasteiger partial charge in [-0.2, -0.15) is 0 Å². The van der Waals surface area contributed by atoms with Gasteiger partial charge in [-0.1, -0.05) is 18.2 Å². The van der Waals surface area contributed by atoms with Gasteiger partial charge in [0.1, 0.15) is 10.6 Å². The van der Waals surface area contributed by atoms with Gasteiger partial charge in [0.15, 0.2) is 0 Å². The van der Waals surface area contributed by atoms with Gasteiger partial charge in [-0.25, -0.2) is 8.42 Å². The highest BCUT2D eigenvalue weighted by Crippen LogP contribution is 2.33. The fraction of sp³-hybridized carbons (Fsp3) is 0.158. The molecule has 0 radical (unpaired) electrons. The normalized spacial score (nSPS) is 13.4. The Labute approximate surface area is 157 Å². The van der Waals surface area contributed by atoms with E-state index in [1.807, 2.05) is 18.2 Å². The van der Waals surface area contributed by atoms with Crippen molar-refractivity contribution in [3.05, 3.63) is 72.3 Å². The molecule has 3 aromatic rings. The number of pyridine rings is 1. The van der Waals surface area contributed by atoms with E-state index in [0.29, 0.717) is 24.3 Å². The number of carbonyl (C=O) groups excluding carboxylic acids is 1. The van der Waals surface area contributed by atoms with Crippen molar-refractivity contribution in [3.8, 4) is 0 Å². The number of rotatable bonds is 4. The van der Waals surface area contributed by atoms with Crippen LogP contribution >= 0.6 is 0 Å². The van der Waals surface area contributed by atoms with E-state index in [0.717, 1.165) is 5.56 Å². The van der Waals surface area contributed by atoms with Crippen molar-refractivity contribution < 1.29 is 13.2 Å². The number of benzene rings is 1. The molecule has 8 heteroatoms. The number of carbonyl (C=O) groups is 1. The maximum absolute atomic E-state index is 13.1. The monoisotopic (exact) mass is 382 g/mol. The van der Waals surface area contributed by atoms with E-state index >= 15 is 0 Å². The van der Waals surface area contributed by atoms with Gasteiger partial charge in [-0.15, -0.1) is 0 Å². The van der Waals surface area contributed by atoms with E-state index in [4.69, 9.17) is 0 Å². The first-order valence-electron chi connectivity index (χ1n) is 8.45. The van der Waals surface area contributed by atoms with Crippen molar-refractivity contribution in [3.63, 3.8) is 0 Å². The Morgan fingerprint density at radius 2 is 2.00 bits per heavy atom. The molecule has 138 valence electrons. The molecule has 1 amide bonds. The first-order valence-corrected chi connectivity index (χ1v) is 9.89. The number of aromatic nitrogens is 2. The van der Waals surface area contributed by atoms with E-state index in [-0.39, 0.29) is 10.6 Å². The lowest BCUT2D eigenvalue weighted by molar-refractivity contribution is 0.101. The highest BCUT2D eigenvalue weighted by atomic mass is 32.2. The second-order valence-corrected chi connectivity index (χ2v) is 8.19. The second kappa shape index (κ2) is 6.55. The zero-order chi connectivity index (χ0) is 19.0. The predicted molar refractivity (Wildman–Crippen MR) is 102 cm³/mol. The van der Waals surface area contributed by atoms with Crippen LogP contribution in [0.2, 0.25) is 0 Å². The Morgan fingerprint density at radius 3 is 2.78 bits per heavy atom. The summed E-state index contributed by atoms with van der Waals surface area (Å²) < 4.78 is 29.1. The first-order chi connectivity index (χ1) is 13.0. The minimum absolute atomic E-state index is 0.0954. The highest BCUT2D eigenvalue weighted by molar-refractivity contribution is 7.92. The van der Waals surface area contributed by atoms with E-state index in [2.05, 4.69) is 10.3 Å². The van der Waals surface area contributed by atoms with Crippen molar-refractivity contribution in [2.75, 3.05) is 16.2 Å². The van der Waals surface area contributed by atoms with Crippen molar-refractivity contribution in [2.45, 2.75) is 11.3 Å². The average molecular weight is 382 g/mol. The standard InChI is InChI=1S/C19H18N4O3S/c1-22-13-16(11-18(22)19(24)21-15-6-4-9-20-12-15)27(25,26)23-10-8-14-5-2-3-7-17(14)23/h2-7,9,11-13H,8,10H2,1H3,(H,21,24). The van der Waals surface area contributed by atoms with Crippen LogP contribution in [0.15, 0.2) is 66.0 Å². The van der Waals surface area contributed by atoms with Gasteiger partial charge < -0.3 is 9.88 Å². The van der Waals surface area contributed by atoms with Crippen molar-refractivity contribution in [1.29, 1.82) is 0 Å². The topological polar surface area (TPSA) is 84.3 Å². The van der Waals surface area contributed by atoms with Crippen LogP contribution in [0.3, 0.4) is 0 Å². The molecule has 0 bridgehead atoms. The maximum Gasteiger partial charge on any atom is 0.272 e. The third kappa shape index (κ3) is 3.08. The van der Waals surface area contributed by atoms with Crippen LogP contribution in [0.25, 0.3) is 0 Å². The molecule has 1 N–H and O–H groups in total. The van der Waals surface area contributed by atoms with Crippen LogP contribution in [0.4, 0.5) is 11.4 Å². The first kappa shape index (κ1) is 17.3. The van der Waals surface area contributed by atoms with Crippen molar-refractivity contribution in [2.24, 2.45) is 7.05 Å². The molecular formula is C19H18N4O3S. The van der Waals surface area contributed by atoms with Crippen LogP contribution in [0.1, 0.15) is 16.1 Å². The van der Waals surface area contributed by atoms with Crippen LogP contribution in [-0.4, -0.2) is 30.4 Å². The number of nitrogens with one attached hydrogen (secondary N) is 1. The predicted octanol–water partition coefficient (Wildman–Crippen LogP) is 2.42. The Balaban J connectivity index is 1.64. The Bertz CT molecular complexity index is 1110. The number of nitrogens with zero attached hydrogens (tertiary/aromatic N) is 3. The van der Waals surface area contributed by atoms with Gasteiger partial charge in [0, 0.05) is 26.0 Å². The number of fused-ring (bicyclic) bond motifs is 1. The summed E-state index contributed by atoms with van der Waals surface area (Å²) in [5.41, 5.74) is 2.50. The van der Waals surface area contributed by atoms with E-state index in [1.54, 1.807) is 31.4 Å². The Morgan fingerprint density at radius 1 is 1.19 bits per heavy atom. The lowest BCUT2D eigenvalue weighted by atomic mass is 10.2. The second-order valence-electron chi connectivity index (χ2n) is 6.32. The molecule has 2 aromatic heterocycles. The minimum atomic E-state index is -3.74. The lowest BCUT2D eigenvalue weighted by Gasteiger charge is -2.18. The summed E-state index contributed by atoms with van der Waals surface area (Å²) in [7, 11) is -2.09. The van der Waals surface area contributed by atoms with Gasteiger partial charge in [0.25, 0.3) is 15.9 Å². The van der Waals surface area contributed by atoms with E-state index < -0.39 is 15.9 Å². The van der Waals surface area contributed by atoms with Crippen LogP contribution in [0.5, 0.6) is 0 Å². The van der Waals surface area contributed by atoms with Crippen molar-refractivity contribution >= 4 is 27.3 Å². The molecule has 4 rings (SSSR count). The zero-order valence-corrected chi connectivity index (χ0v) is 15.5. The molecule has 0 atom stereocenters. The molecule has 0 saturated heterocycles. The number of sulfonamides is 1. The number of aryl methyl sites for hydroxylation is 1. The summed E-state index contributed by atoms with van der Waals surface area (Å²) in [6.07, 6.45) is 5.28. The Hall–Kier alpha value is -3.13. The van der Waals surface area contributed by atoms with Gasteiger partial charge in [0.05, 0.1) is 17.6 Å². The number of para-hydroxylation sites is 1. The molecule has 1 aliphatic rings. The average Bonchev–Trinajstić information content (AvgIpc) is 3.27. The van der Waals surface area contributed by atoms with E-state index in [9.17, 15) is 13.2 Å². The molecule has 27 heavy (non-hydrogen) atoms. The maximum atomic E-state index is 13.1. The summed E-state index contributed by atoms with van der Waals surface area (Å²) in [4.78, 5) is 16.6.